The maximum absolute atomic E-state index is 4.65. The van der Waals surface area contributed by atoms with Gasteiger partial charge in [-0.2, -0.15) is 0 Å². The van der Waals surface area contributed by atoms with Gasteiger partial charge in [-0.25, -0.2) is 9.97 Å². The zero-order valence-corrected chi connectivity index (χ0v) is 12.2. The quantitative estimate of drug-likeness (QED) is 0.860. The molecule has 2 unspecified atom stereocenters. The SMILES string of the molecule is CCCNc1nc(C2CC2C)nc(C)c1I. The molecule has 0 amide bonds. The lowest BCUT2D eigenvalue weighted by Crippen LogP contribution is -2.09. The highest BCUT2D eigenvalue weighted by Gasteiger charge is 2.37. The second-order valence-electron chi connectivity index (χ2n) is 4.58. The smallest absolute Gasteiger partial charge is 0.143 e. The fourth-order valence-corrected chi connectivity index (χ4v) is 2.22. The summed E-state index contributed by atoms with van der Waals surface area (Å²) in [4.78, 5) is 9.25. The van der Waals surface area contributed by atoms with Crippen LogP contribution in [0, 0.1) is 16.4 Å². The van der Waals surface area contributed by atoms with Crippen molar-refractivity contribution in [2.45, 2.75) is 39.5 Å². The van der Waals surface area contributed by atoms with Crippen molar-refractivity contribution in [3.63, 3.8) is 0 Å². The van der Waals surface area contributed by atoms with Gasteiger partial charge >= 0.3 is 0 Å². The first kappa shape index (κ1) is 12.1. The topological polar surface area (TPSA) is 37.8 Å². The summed E-state index contributed by atoms with van der Waals surface area (Å²) in [5, 5.41) is 3.38. The minimum absolute atomic E-state index is 0.595. The fourth-order valence-electron chi connectivity index (χ4n) is 1.79. The van der Waals surface area contributed by atoms with E-state index in [9.17, 15) is 0 Å². The minimum Gasteiger partial charge on any atom is -0.369 e. The van der Waals surface area contributed by atoms with Gasteiger partial charge in [0.1, 0.15) is 11.6 Å². The predicted octanol–water partition coefficient (Wildman–Crippen LogP) is 3.33. The van der Waals surface area contributed by atoms with E-state index in [0.717, 1.165) is 39.8 Å². The number of nitrogens with zero attached hydrogens (tertiary/aromatic N) is 2. The highest BCUT2D eigenvalue weighted by Crippen LogP contribution is 2.45. The molecule has 1 saturated carbocycles. The summed E-state index contributed by atoms with van der Waals surface area (Å²) in [6, 6.07) is 0. The molecule has 1 fully saturated rings. The molecule has 1 aliphatic rings. The van der Waals surface area contributed by atoms with Crippen molar-refractivity contribution in [3.8, 4) is 0 Å². The van der Waals surface area contributed by atoms with E-state index in [0.29, 0.717) is 5.92 Å². The van der Waals surface area contributed by atoms with Crippen LogP contribution < -0.4 is 5.32 Å². The van der Waals surface area contributed by atoms with Crippen LogP contribution in [0.5, 0.6) is 0 Å². The van der Waals surface area contributed by atoms with E-state index in [2.05, 4.69) is 58.6 Å². The largest absolute Gasteiger partial charge is 0.369 e. The van der Waals surface area contributed by atoms with Gasteiger partial charge in [-0.05, 0) is 48.3 Å². The number of rotatable bonds is 4. The molecule has 1 heterocycles. The molecule has 2 rings (SSSR count). The Labute approximate surface area is 111 Å². The molecule has 1 aromatic rings. The lowest BCUT2D eigenvalue weighted by atomic mass is 10.3. The van der Waals surface area contributed by atoms with Gasteiger partial charge in [0.15, 0.2) is 0 Å². The maximum atomic E-state index is 4.65. The van der Waals surface area contributed by atoms with E-state index in [-0.39, 0.29) is 0 Å². The van der Waals surface area contributed by atoms with Crippen LogP contribution >= 0.6 is 22.6 Å². The van der Waals surface area contributed by atoms with Gasteiger partial charge in [-0.3, -0.25) is 0 Å². The zero-order valence-electron chi connectivity index (χ0n) is 10.0. The van der Waals surface area contributed by atoms with Crippen LogP contribution in [0.15, 0.2) is 0 Å². The summed E-state index contributed by atoms with van der Waals surface area (Å²) in [6.07, 6.45) is 2.36. The minimum atomic E-state index is 0.595. The molecule has 0 spiro atoms. The number of nitrogens with one attached hydrogen (secondary N) is 1. The van der Waals surface area contributed by atoms with Crippen molar-refractivity contribution in [2.75, 3.05) is 11.9 Å². The summed E-state index contributed by atoms with van der Waals surface area (Å²) in [7, 11) is 0. The number of hydrogen-bond acceptors (Lipinski definition) is 3. The summed E-state index contributed by atoms with van der Waals surface area (Å²) >= 11 is 2.32. The third-order valence-corrected chi connectivity index (χ3v) is 4.31. The zero-order chi connectivity index (χ0) is 11.7. The number of aryl methyl sites for hydroxylation is 1. The molecule has 0 saturated heterocycles. The Kier molecular flexibility index (Phi) is 3.66. The van der Waals surface area contributed by atoms with Gasteiger partial charge in [0.2, 0.25) is 0 Å². The first-order chi connectivity index (χ1) is 7.63. The maximum Gasteiger partial charge on any atom is 0.143 e. The highest BCUT2D eigenvalue weighted by molar-refractivity contribution is 14.1. The molecule has 88 valence electrons. The molecule has 0 bridgehead atoms. The lowest BCUT2D eigenvalue weighted by molar-refractivity contribution is 0.826. The van der Waals surface area contributed by atoms with E-state index in [4.69, 9.17) is 0 Å². The van der Waals surface area contributed by atoms with Crippen LogP contribution in [0.2, 0.25) is 0 Å². The molecule has 2 atom stereocenters. The average molecular weight is 331 g/mol. The van der Waals surface area contributed by atoms with Crippen molar-refractivity contribution >= 4 is 28.4 Å². The highest BCUT2D eigenvalue weighted by atomic mass is 127. The summed E-state index contributed by atoms with van der Waals surface area (Å²) in [6.45, 7) is 7.47. The van der Waals surface area contributed by atoms with Crippen LogP contribution in [0.1, 0.15) is 44.1 Å². The standard InChI is InChI=1S/C12H18IN3/c1-4-5-14-12-10(13)8(3)15-11(16-12)9-6-7(9)2/h7,9H,4-6H2,1-3H3,(H,14,15,16). The van der Waals surface area contributed by atoms with Crippen LogP contribution in [-0.2, 0) is 0 Å². The first-order valence-electron chi connectivity index (χ1n) is 5.91. The monoisotopic (exact) mass is 331 g/mol. The van der Waals surface area contributed by atoms with Crippen molar-refractivity contribution in [2.24, 2.45) is 5.92 Å². The van der Waals surface area contributed by atoms with Crippen LogP contribution in [0.3, 0.4) is 0 Å². The Hall–Kier alpha value is -0.390. The van der Waals surface area contributed by atoms with E-state index in [1.165, 1.54) is 6.42 Å². The van der Waals surface area contributed by atoms with Gasteiger partial charge in [0, 0.05) is 12.5 Å². The normalized spacial score (nSPS) is 23.2. The van der Waals surface area contributed by atoms with Gasteiger partial charge < -0.3 is 5.32 Å². The van der Waals surface area contributed by atoms with Crippen molar-refractivity contribution < 1.29 is 0 Å². The van der Waals surface area contributed by atoms with Gasteiger partial charge in [-0.15, -0.1) is 0 Å². The summed E-state index contributed by atoms with van der Waals surface area (Å²) < 4.78 is 1.16. The number of halogens is 1. The van der Waals surface area contributed by atoms with Crippen LogP contribution in [0.4, 0.5) is 5.82 Å². The van der Waals surface area contributed by atoms with E-state index in [1.807, 2.05) is 0 Å². The van der Waals surface area contributed by atoms with E-state index in [1.54, 1.807) is 0 Å². The first-order valence-corrected chi connectivity index (χ1v) is 6.99. The van der Waals surface area contributed by atoms with Crippen molar-refractivity contribution in [1.82, 2.24) is 9.97 Å². The molecule has 1 N–H and O–H groups in total. The van der Waals surface area contributed by atoms with Crippen LogP contribution in [0.25, 0.3) is 0 Å². The van der Waals surface area contributed by atoms with Crippen molar-refractivity contribution in [1.29, 1.82) is 0 Å². The number of aromatic nitrogens is 2. The molecule has 0 aliphatic heterocycles. The van der Waals surface area contributed by atoms with Gasteiger partial charge in [0.05, 0.1) is 9.26 Å². The number of anilines is 1. The van der Waals surface area contributed by atoms with Crippen molar-refractivity contribution in [3.05, 3.63) is 15.1 Å². The molecule has 16 heavy (non-hydrogen) atoms. The second-order valence-corrected chi connectivity index (χ2v) is 5.65. The van der Waals surface area contributed by atoms with Crippen LogP contribution in [-0.4, -0.2) is 16.5 Å². The Balaban J connectivity index is 2.24. The fraction of sp³-hybridized carbons (Fsp3) is 0.667. The molecular formula is C12H18IN3. The predicted molar refractivity (Wildman–Crippen MR) is 74.8 cm³/mol. The molecule has 0 radical (unpaired) electrons. The number of hydrogen-bond donors (Lipinski definition) is 1. The molecule has 1 aliphatic carbocycles. The van der Waals surface area contributed by atoms with E-state index >= 15 is 0 Å². The summed E-state index contributed by atoms with van der Waals surface area (Å²) in [5.74, 6) is 3.41. The molecular weight excluding hydrogens is 313 g/mol. The van der Waals surface area contributed by atoms with Gasteiger partial charge in [-0.1, -0.05) is 13.8 Å². The Morgan fingerprint density at radius 1 is 1.44 bits per heavy atom. The van der Waals surface area contributed by atoms with E-state index < -0.39 is 0 Å². The third kappa shape index (κ3) is 2.47. The Bertz CT molecular complexity index is 392. The molecule has 0 aromatic carbocycles. The summed E-state index contributed by atoms with van der Waals surface area (Å²) in [5.41, 5.74) is 1.10. The molecule has 4 heteroatoms. The lowest BCUT2D eigenvalue weighted by Gasteiger charge is -2.10. The second kappa shape index (κ2) is 4.85. The Morgan fingerprint density at radius 3 is 2.69 bits per heavy atom. The van der Waals surface area contributed by atoms with Gasteiger partial charge in [0.25, 0.3) is 0 Å². The molecule has 3 nitrogen and oxygen atoms in total. The average Bonchev–Trinajstić information content (AvgIpc) is 2.97. The Morgan fingerprint density at radius 2 is 2.12 bits per heavy atom. The molecule has 1 aromatic heterocycles. The third-order valence-electron chi connectivity index (χ3n) is 3.02.